The summed E-state index contributed by atoms with van der Waals surface area (Å²) in [4.78, 5) is 11.7. The maximum Gasteiger partial charge on any atom is 0.160 e. The number of benzene rings is 1. The van der Waals surface area contributed by atoms with Crippen LogP contribution in [0, 0.1) is 0 Å². The van der Waals surface area contributed by atoms with Crippen LogP contribution in [-0.2, 0) is 11.2 Å². The SMILES string of the molecule is CCCCC/C=C\C(=O)CCc1ccc(O)c(OC)c1. The molecule has 0 unspecified atom stereocenters. The molecule has 0 saturated heterocycles. The van der Waals surface area contributed by atoms with E-state index in [2.05, 4.69) is 6.92 Å². The second-order valence-electron chi connectivity index (χ2n) is 4.87. The van der Waals surface area contributed by atoms with Gasteiger partial charge in [-0.05, 0) is 43.0 Å². The Hall–Kier alpha value is -1.77. The van der Waals surface area contributed by atoms with Gasteiger partial charge in [0.1, 0.15) is 0 Å². The molecular formula is C17H24O3. The summed E-state index contributed by atoms with van der Waals surface area (Å²) in [5.41, 5.74) is 0.993. The zero-order valence-electron chi connectivity index (χ0n) is 12.4. The highest BCUT2D eigenvalue weighted by atomic mass is 16.5. The molecule has 0 radical (unpaired) electrons. The Bertz CT molecular complexity index is 450. The zero-order valence-corrected chi connectivity index (χ0v) is 12.4. The van der Waals surface area contributed by atoms with Gasteiger partial charge < -0.3 is 9.84 Å². The number of carbonyl (C=O) groups is 1. The highest BCUT2D eigenvalue weighted by Crippen LogP contribution is 2.26. The molecule has 3 heteroatoms. The minimum Gasteiger partial charge on any atom is -0.504 e. The van der Waals surface area contributed by atoms with E-state index in [1.165, 1.54) is 20.0 Å². The average Bonchev–Trinajstić information content (AvgIpc) is 2.46. The highest BCUT2D eigenvalue weighted by Gasteiger charge is 2.04. The fourth-order valence-corrected chi connectivity index (χ4v) is 1.96. The van der Waals surface area contributed by atoms with Crippen LogP contribution in [0.4, 0.5) is 0 Å². The third kappa shape index (κ3) is 5.91. The quantitative estimate of drug-likeness (QED) is 0.547. The number of ketones is 1. The fourth-order valence-electron chi connectivity index (χ4n) is 1.96. The minimum absolute atomic E-state index is 0.124. The molecule has 1 rings (SSSR count). The van der Waals surface area contributed by atoms with E-state index >= 15 is 0 Å². The lowest BCUT2D eigenvalue weighted by Gasteiger charge is -2.05. The lowest BCUT2D eigenvalue weighted by molar-refractivity contribution is -0.114. The van der Waals surface area contributed by atoms with Crippen LogP contribution in [0.25, 0.3) is 0 Å². The number of rotatable bonds is 9. The van der Waals surface area contributed by atoms with Crippen LogP contribution in [0.5, 0.6) is 11.5 Å². The zero-order chi connectivity index (χ0) is 14.8. The molecule has 0 amide bonds. The Morgan fingerprint density at radius 3 is 2.85 bits per heavy atom. The summed E-state index contributed by atoms with van der Waals surface area (Å²) in [6.07, 6.45) is 9.34. The lowest BCUT2D eigenvalue weighted by Crippen LogP contribution is -1.96. The number of aromatic hydroxyl groups is 1. The number of allylic oxidation sites excluding steroid dienone is 2. The lowest BCUT2D eigenvalue weighted by atomic mass is 10.1. The van der Waals surface area contributed by atoms with Crippen molar-refractivity contribution in [3.8, 4) is 11.5 Å². The maximum absolute atomic E-state index is 11.7. The monoisotopic (exact) mass is 276 g/mol. The van der Waals surface area contributed by atoms with Crippen molar-refractivity contribution < 1.29 is 14.6 Å². The molecule has 20 heavy (non-hydrogen) atoms. The van der Waals surface area contributed by atoms with Gasteiger partial charge in [0.2, 0.25) is 0 Å². The van der Waals surface area contributed by atoms with Gasteiger partial charge in [-0.1, -0.05) is 31.9 Å². The van der Waals surface area contributed by atoms with Crippen LogP contribution in [0.15, 0.2) is 30.4 Å². The van der Waals surface area contributed by atoms with Crippen molar-refractivity contribution >= 4 is 5.78 Å². The van der Waals surface area contributed by atoms with Crippen molar-refractivity contribution in [3.63, 3.8) is 0 Å². The molecule has 0 bridgehead atoms. The molecule has 0 heterocycles. The summed E-state index contributed by atoms with van der Waals surface area (Å²) in [6, 6.07) is 5.18. The number of methoxy groups -OCH3 is 1. The van der Waals surface area contributed by atoms with Crippen molar-refractivity contribution in [2.45, 2.75) is 45.4 Å². The molecule has 0 aliphatic heterocycles. The van der Waals surface area contributed by atoms with Crippen molar-refractivity contribution in [1.82, 2.24) is 0 Å². The largest absolute Gasteiger partial charge is 0.504 e. The average molecular weight is 276 g/mol. The van der Waals surface area contributed by atoms with E-state index < -0.39 is 0 Å². The minimum atomic E-state index is 0.124. The third-order valence-corrected chi connectivity index (χ3v) is 3.18. The second-order valence-corrected chi connectivity index (χ2v) is 4.87. The third-order valence-electron chi connectivity index (χ3n) is 3.18. The van der Waals surface area contributed by atoms with Gasteiger partial charge in [0.25, 0.3) is 0 Å². The van der Waals surface area contributed by atoms with E-state index in [0.29, 0.717) is 18.6 Å². The molecular weight excluding hydrogens is 252 g/mol. The first-order valence-electron chi connectivity index (χ1n) is 7.22. The van der Waals surface area contributed by atoms with Crippen LogP contribution in [-0.4, -0.2) is 18.0 Å². The Morgan fingerprint density at radius 2 is 2.15 bits per heavy atom. The first-order valence-corrected chi connectivity index (χ1v) is 7.22. The summed E-state index contributed by atoms with van der Waals surface area (Å²) in [5.74, 6) is 0.719. The summed E-state index contributed by atoms with van der Waals surface area (Å²) >= 11 is 0. The summed E-state index contributed by atoms with van der Waals surface area (Å²) in [5, 5.41) is 9.50. The summed E-state index contributed by atoms with van der Waals surface area (Å²) in [7, 11) is 1.52. The second kappa shape index (κ2) is 9.18. The standard InChI is InChI=1S/C17H24O3/c1-3-4-5-6-7-8-15(18)11-9-14-10-12-16(19)17(13-14)20-2/h7-8,10,12-13,19H,3-6,9,11H2,1-2H3/b8-7-. The molecule has 0 saturated carbocycles. The number of phenolic OH excluding ortho intramolecular Hbond substituents is 1. The molecule has 3 nitrogen and oxygen atoms in total. The molecule has 0 aliphatic rings. The predicted molar refractivity (Wildman–Crippen MR) is 81.3 cm³/mol. The Morgan fingerprint density at radius 1 is 1.35 bits per heavy atom. The fraction of sp³-hybridized carbons (Fsp3) is 0.471. The van der Waals surface area contributed by atoms with Gasteiger partial charge in [0.05, 0.1) is 7.11 Å². The van der Waals surface area contributed by atoms with Crippen molar-refractivity contribution in [1.29, 1.82) is 0 Å². The van der Waals surface area contributed by atoms with Gasteiger partial charge >= 0.3 is 0 Å². The van der Waals surface area contributed by atoms with Crippen LogP contribution in [0.3, 0.4) is 0 Å². The van der Waals surface area contributed by atoms with E-state index in [1.807, 2.05) is 12.1 Å². The van der Waals surface area contributed by atoms with E-state index in [4.69, 9.17) is 4.74 Å². The van der Waals surface area contributed by atoms with Gasteiger partial charge in [0.15, 0.2) is 17.3 Å². The van der Waals surface area contributed by atoms with Crippen molar-refractivity contribution in [2.75, 3.05) is 7.11 Å². The Labute approximate surface area is 121 Å². The van der Waals surface area contributed by atoms with Crippen LogP contribution in [0.1, 0.15) is 44.6 Å². The number of hydrogen-bond acceptors (Lipinski definition) is 3. The molecule has 1 aromatic rings. The normalized spacial score (nSPS) is 10.9. The molecule has 1 aromatic carbocycles. The first-order chi connectivity index (χ1) is 9.67. The van der Waals surface area contributed by atoms with E-state index in [1.54, 1.807) is 18.2 Å². The molecule has 0 aromatic heterocycles. The predicted octanol–water partition coefficient (Wildman–Crippen LogP) is 4.04. The molecule has 0 aliphatic carbocycles. The first kappa shape index (κ1) is 16.3. The Kier molecular flexibility index (Phi) is 7.48. The van der Waals surface area contributed by atoms with Crippen LogP contribution < -0.4 is 4.74 Å². The smallest absolute Gasteiger partial charge is 0.160 e. The molecule has 0 spiro atoms. The highest BCUT2D eigenvalue weighted by molar-refractivity contribution is 5.89. The number of unbranched alkanes of at least 4 members (excludes halogenated alkanes) is 3. The van der Waals surface area contributed by atoms with E-state index in [-0.39, 0.29) is 11.5 Å². The van der Waals surface area contributed by atoms with Gasteiger partial charge in [0, 0.05) is 6.42 Å². The van der Waals surface area contributed by atoms with Crippen molar-refractivity contribution in [3.05, 3.63) is 35.9 Å². The molecule has 110 valence electrons. The number of hydrogen-bond donors (Lipinski definition) is 1. The van der Waals surface area contributed by atoms with Crippen molar-refractivity contribution in [2.24, 2.45) is 0 Å². The molecule has 0 atom stereocenters. The molecule has 0 fully saturated rings. The number of carbonyl (C=O) groups excluding carboxylic acids is 1. The number of ether oxygens (including phenoxy) is 1. The van der Waals surface area contributed by atoms with Gasteiger partial charge in [-0.3, -0.25) is 4.79 Å². The maximum atomic E-state index is 11.7. The topological polar surface area (TPSA) is 46.5 Å². The van der Waals surface area contributed by atoms with Crippen LogP contribution >= 0.6 is 0 Å². The number of phenols is 1. The van der Waals surface area contributed by atoms with E-state index in [0.717, 1.165) is 18.4 Å². The number of aryl methyl sites for hydroxylation is 1. The van der Waals surface area contributed by atoms with Crippen LogP contribution in [0.2, 0.25) is 0 Å². The van der Waals surface area contributed by atoms with Gasteiger partial charge in [-0.15, -0.1) is 0 Å². The molecule has 1 N–H and O–H groups in total. The summed E-state index contributed by atoms with van der Waals surface area (Å²) in [6.45, 7) is 2.17. The van der Waals surface area contributed by atoms with E-state index in [9.17, 15) is 9.90 Å². The van der Waals surface area contributed by atoms with Gasteiger partial charge in [-0.2, -0.15) is 0 Å². The summed E-state index contributed by atoms with van der Waals surface area (Å²) < 4.78 is 5.05. The van der Waals surface area contributed by atoms with Gasteiger partial charge in [-0.25, -0.2) is 0 Å². The Balaban J connectivity index is 2.37.